The summed E-state index contributed by atoms with van der Waals surface area (Å²) in [5.74, 6) is 0.168. The molecule has 0 radical (unpaired) electrons. The number of halogens is 1. The van der Waals surface area contributed by atoms with Gasteiger partial charge in [0.15, 0.2) is 5.82 Å². The summed E-state index contributed by atoms with van der Waals surface area (Å²) >= 11 is 6.59. The number of pyridine rings is 1. The maximum atomic E-state index is 12.3. The number of hydrogen-bond donors (Lipinski definition) is 2. The molecule has 0 saturated carbocycles. The number of anilines is 2. The van der Waals surface area contributed by atoms with Gasteiger partial charge in [-0.15, -0.1) is 0 Å². The smallest absolute Gasteiger partial charge is 0.233 e. The van der Waals surface area contributed by atoms with Gasteiger partial charge in [-0.05, 0) is 30.5 Å². The van der Waals surface area contributed by atoms with Gasteiger partial charge in [0, 0.05) is 49.9 Å². The molecule has 0 unspecified atom stereocenters. The monoisotopic (exact) mass is 424 g/mol. The molecule has 2 aliphatic rings. The maximum absolute atomic E-state index is 12.3. The van der Waals surface area contributed by atoms with Gasteiger partial charge in [0.1, 0.15) is 0 Å². The lowest BCUT2D eigenvalue weighted by atomic mass is 9.77. The summed E-state index contributed by atoms with van der Waals surface area (Å²) < 4.78 is 1.76. The number of hydrogen-bond acceptors (Lipinski definition) is 6. The van der Waals surface area contributed by atoms with E-state index in [0.717, 1.165) is 27.7 Å². The number of aryl methyl sites for hydroxylation is 1. The quantitative estimate of drug-likeness (QED) is 0.612. The van der Waals surface area contributed by atoms with Crippen LogP contribution in [0, 0.1) is 5.41 Å². The van der Waals surface area contributed by atoms with Crippen LogP contribution in [0.1, 0.15) is 19.3 Å². The fourth-order valence-corrected chi connectivity index (χ4v) is 4.94. The van der Waals surface area contributed by atoms with Gasteiger partial charge in [-0.3, -0.25) is 24.6 Å². The molecule has 8 nitrogen and oxygen atoms in total. The number of piperidine rings is 1. The van der Waals surface area contributed by atoms with Gasteiger partial charge in [0.2, 0.25) is 11.8 Å². The summed E-state index contributed by atoms with van der Waals surface area (Å²) in [6.45, 7) is 1.27. The van der Waals surface area contributed by atoms with Gasteiger partial charge in [0.25, 0.3) is 0 Å². The third-order valence-electron chi connectivity index (χ3n) is 6.33. The Morgan fingerprint density at radius 3 is 2.67 bits per heavy atom. The van der Waals surface area contributed by atoms with Gasteiger partial charge < -0.3 is 10.6 Å². The number of nitrogens with one attached hydrogen (secondary N) is 1. The second-order valence-electron chi connectivity index (χ2n) is 8.08. The highest BCUT2D eigenvalue weighted by molar-refractivity contribution is 6.34. The lowest BCUT2D eigenvalue weighted by molar-refractivity contribution is -0.129. The summed E-state index contributed by atoms with van der Waals surface area (Å²) in [4.78, 5) is 30.5. The van der Waals surface area contributed by atoms with Crippen molar-refractivity contribution in [2.24, 2.45) is 12.5 Å². The number of carbonyl (C=O) groups is 2. The van der Waals surface area contributed by atoms with E-state index in [4.69, 9.17) is 17.3 Å². The molecule has 3 aromatic rings. The summed E-state index contributed by atoms with van der Waals surface area (Å²) in [6.07, 6.45) is 4.94. The molecular weight excluding hydrogens is 404 g/mol. The molecule has 3 N–H and O–H groups in total. The molecule has 1 aromatic carbocycles. The van der Waals surface area contributed by atoms with Gasteiger partial charge in [0.05, 0.1) is 21.6 Å². The van der Waals surface area contributed by atoms with Crippen LogP contribution in [0.3, 0.4) is 0 Å². The number of benzene rings is 1. The summed E-state index contributed by atoms with van der Waals surface area (Å²) in [5, 5.41) is 8.19. The minimum absolute atomic E-state index is 0.146. The molecule has 2 aromatic heterocycles. The molecule has 2 saturated heterocycles. The Kier molecular flexibility index (Phi) is 4.21. The number of carbonyl (C=O) groups excluding carboxylic acids is 2. The fraction of sp³-hybridized carbons (Fsp3) is 0.333. The SMILES string of the molecule is Cn1nc(N)c2ccc(-c3cncc(Cl)c3N3CCC4(CC3)CC(=O)NC4=O)cc21. The van der Waals surface area contributed by atoms with E-state index in [9.17, 15) is 9.59 Å². The zero-order valence-corrected chi connectivity index (χ0v) is 17.2. The van der Waals surface area contributed by atoms with Crippen LogP contribution in [0.4, 0.5) is 11.5 Å². The fourth-order valence-electron chi connectivity index (χ4n) is 4.67. The number of fused-ring (bicyclic) bond motifs is 1. The maximum Gasteiger partial charge on any atom is 0.233 e. The number of amides is 2. The molecule has 2 aliphatic heterocycles. The van der Waals surface area contributed by atoms with Crippen molar-refractivity contribution in [2.75, 3.05) is 23.7 Å². The third kappa shape index (κ3) is 2.82. The van der Waals surface area contributed by atoms with Crippen molar-refractivity contribution >= 4 is 45.8 Å². The van der Waals surface area contributed by atoms with Crippen LogP contribution in [0.2, 0.25) is 5.02 Å². The van der Waals surface area contributed by atoms with Gasteiger partial charge in [-0.1, -0.05) is 17.7 Å². The topological polar surface area (TPSA) is 106 Å². The summed E-state index contributed by atoms with van der Waals surface area (Å²) in [6, 6.07) is 5.98. The Balaban J connectivity index is 1.51. The van der Waals surface area contributed by atoms with Crippen LogP contribution in [0.25, 0.3) is 22.0 Å². The normalized spacial score (nSPS) is 18.4. The van der Waals surface area contributed by atoms with Crippen molar-refractivity contribution in [1.29, 1.82) is 0 Å². The van der Waals surface area contributed by atoms with Crippen molar-refractivity contribution in [3.8, 4) is 11.1 Å². The number of nitrogens with zero attached hydrogens (tertiary/aromatic N) is 4. The Morgan fingerprint density at radius 1 is 1.20 bits per heavy atom. The molecule has 4 heterocycles. The molecule has 1 spiro atoms. The zero-order chi connectivity index (χ0) is 21.0. The van der Waals surface area contributed by atoms with Crippen LogP contribution < -0.4 is 16.0 Å². The van der Waals surface area contributed by atoms with Gasteiger partial charge >= 0.3 is 0 Å². The highest BCUT2D eigenvalue weighted by Gasteiger charge is 2.48. The molecule has 0 aliphatic carbocycles. The molecule has 30 heavy (non-hydrogen) atoms. The van der Waals surface area contributed by atoms with E-state index in [2.05, 4.69) is 20.3 Å². The predicted molar refractivity (Wildman–Crippen MR) is 115 cm³/mol. The average molecular weight is 425 g/mol. The summed E-state index contributed by atoms with van der Waals surface area (Å²) in [7, 11) is 1.86. The average Bonchev–Trinajstić information content (AvgIpc) is 3.16. The van der Waals surface area contributed by atoms with Crippen molar-refractivity contribution in [2.45, 2.75) is 19.3 Å². The largest absolute Gasteiger partial charge is 0.382 e. The second-order valence-corrected chi connectivity index (χ2v) is 8.49. The van der Waals surface area contributed by atoms with Crippen LogP contribution in [0.5, 0.6) is 0 Å². The molecule has 2 amide bonds. The molecule has 0 atom stereocenters. The van der Waals surface area contributed by atoms with Crippen LogP contribution in [0.15, 0.2) is 30.6 Å². The standard InChI is InChI=1S/C21H21ClN6O2/c1-27-16-8-12(2-3-13(16)19(23)26-27)14-10-24-11-15(22)18(14)28-6-4-21(5-7-28)9-17(29)25-20(21)30/h2-3,8,10-11H,4-7,9H2,1H3,(H2,23,26)(H,25,29,30). The van der Waals surface area contributed by atoms with E-state index >= 15 is 0 Å². The van der Waals surface area contributed by atoms with E-state index < -0.39 is 5.41 Å². The van der Waals surface area contributed by atoms with Crippen molar-refractivity contribution in [1.82, 2.24) is 20.1 Å². The first-order chi connectivity index (χ1) is 14.4. The molecule has 2 fully saturated rings. The second kappa shape index (κ2) is 6.70. The van der Waals surface area contributed by atoms with Crippen LogP contribution in [-0.2, 0) is 16.6 Å². The number of imide groups is 1. The number of nitrogen functional groups attached to an aromatic ring is 1. The molecule has 9 heteroatoms. The molecule has 5 rings (SSSR count). The number of rotatable bonds is 2. The van der Waals surface area contributed by atoms with Crippen molar-refractivity contribution in [3.63, 3.8) is 0 Å². The number of aromatic nitrogens is 3. The van der Waals surface area contributed by atoms with Crippen LogP contribution >= 0.6 is 11.6 Å². The highest BCUT2D eigenvalue weighted by atomic mass is 35.5. The lowest BCUT2D eigenvalue weighted by Gasteiger charge is -2.39. The first-order valence-corrected chi connectivity index (χ1v) is 10.2. The third-order valence-corrected chi connectivity index (χ3v) is 6.61. The van der Waals surface area contributed by atoms with E-state index in [-0.39, 0.29) is 18.2 Å². The van der Waals surface area contributed by atoms with E-state index in [1.165, 1.54) is 0 Å². The van der Waals surface area contributed by atoms with Crippen molar-refractivity contribution in [3.05, 3.63) is 35.6 Å². The highest BCUT2D eigenvalue weighted by Crippen LogP contribution is 2.43. The van der Waals surface area contributed by atoms with Gasteiger partial charge in [-0.2, -0.15) is 5.10 Å². The first-order valence-electron chi connectivity index (χ1n) is 9.83. The van der Waals surface area contributed by atoms with Crippen LogP contribution in [-0.4, -0.2) is 39.7 Å². The molecular formula is C21H21ClN6O2. The lowest BCUT2D eigenvalue weighted by Crippen LogP contribution is -2.44. The zero-order valence-electron chi connectivity index (χ0n) is 16.5. The van der Waals surface area contributed by atoms with Crippen molar-refractivity contribution < 1.29 is 9.59 Å². The Bertz CT molecular complexity index is 1200. The Labute approximate surface area is 178 Å². The molecule has 0 bridgehead atoms. The Hall–Kier alpha value is -3.13. The van der Waals surface area contributed by atoms with E-state index in [0.29, 0.717) is 36.8 Å². The predicted octanol–water partition coefficient (Wildman–Crippen LogP) is 2.50. The van der Waals surface area contributed by atoms with Gasteiger partial charge in [-0.25, -0.2) is 0 Å². The minimum Gasteiger partial charge on any atom is -0.382 e. The molecule has 154 valence electrons. The Morgan fingerprint density at radius 2 is 1.97 bits per heavy atom. The first kappa shape index (κ1) is 18.9. The minimum atomic E-state index is -0.585. The summed E-state index contributed by atoms with van der Waals surface area (Å²) in [5.41, 5.74) is 9.09. The number of nitrogens with two attached hydrogens (primary N) is 1. The van der Waals surface area contributed by atoms with E-state index in [1.54, 1.807) is 17.1 Å². The van der Waals surface area contributed by atoms with E-state index in [1.807, 2.05) is 25.2 Å².